The molecule has 5 nitrogen and oxygen atoms in total. The van der Waals surface area contributed by atoms with Crippen molar-refractivity contribution in [2.24, 2.45) is 0 Å². The molecule has 0 aliphatic rings. The van der Waals surface area contributed by atoms with E-state index in [-0.39, 0.29) is 0 Å². The van der Waals surface area contributed by atoms with Crippen molar-refractivity contribution < 1.29 is 4.74 Å². The van der Waals surface area contributed by atoms with E-state index in [4.69, 9.17) is 4.74 Å². The summed E-state index contributed by atoms with van der Waals surface area (Å²) in [6, 6.07) is 2.48. The fourth-order valence-electron chi connectivity index (χ4n) is 1.47. The quantitative estimate of drug-likeness (QED) is 0.671. The summed E-state index contributed by atoms with van der Waals surface area (Å²) in [4.78, 5) is 2.12. The minimum Gasteiger partial charge on any atom is -0.379 e. The van der Waals surface area contributed by atoms with Crippen molar-refractivity contribution in [3.63, 3.8) is 0 Å². The second kappa shape index (κ2) is 8.24. The summed E-state index contributed by atoms with van der Waals surface area (Å²) in [7, 11) is 4.10. The molecule has 1 heterocycles. The second-order valence-electron chi connectivity index (χ2n) is 4.97. The first kappa shape index (κ1) is 15.1. The van der Waals surface area contributed by atoms with Gasteiger partial charge in [-0.05, 0) is 34.0 Å². The van der Waals surface area contributed by atoms with Gasteiger partial charge in [0.15, 0.2) is 0 Å². The van der Waals surface area contributed by atoms with Gasteiger partial charge in [-0.2, -0.15) is 5.10 Å². The number of likely N-dealkylation sites (N-methyl/N-ethyl adjacent to an activating group) is 1. The molecule has 18 heavy (non-hydrogen) atoms. The van der Waals surface area contributed by atoms with Gasteiger partial charge in [-0.3, -0.25) is 4.68 Å². The Morgan fingerprint density at radius 2 is 2.17 bits per heavy atom. The zero-order valence-corrected chi connectivity index (χ0v) is 12.0. The van der Waals surface area contributed by atoms with Crippen LogP contribution in [-0.2, 0) is 11.3 Å². The van der Waals surface area contributed by atoms with Crippen molar-refractivity contribution in [1.29, 1.82) is 0 Å². The summed E-state index contributed by atoms with van der Waals surface area (Å²) in [5.74, 6) is 0. The summed E-state index contributed by atoms with van der Waals surface area (Å²) in [6.45, 7) is 8.43. The number of nitrogens with zero attached hydrogens (tertiary/aromatic N) is 3. The van der Waals surface area contributed by atoms with Gasteiger partial charge in [0.2, 0.25) is 0 Å². The molecule has 1 aromatic heterocycles. The fraction of sp³-hybridized carbons (Fsp3) is 0.769. The second-order valence-corrected chi connectivity index (χ2v) is 4.97. The number of ether oxygens (including phenoxy) is 1. The summed E-state index contributed by atoms with van der Waals surface area (Å²) < 4.78 is 7.47. The third-order valence-corrected chi connectivity index (χ3v) is 2.60. The first-order chi connectivity index (χ1) is 8.59. The molecular formula is C13H26N4O. The average molecular weight is 254 g/mol. The van der Waals surface area contributed by atoms with Crippen molar-refractivity contribution in [3.05, 3.63) is 18.0 Å². The highest BCUT2D eigenvalue weighted by Crippen LogP contribution is 2.03. The van der Waals surface area contributed by atoms with Crippen LogP contribution >= 0.6 is 0 Å². The molecule has 0 spiro atoms. The monoisotopic (exact) mass is 254 g/mol. The Bertz CT molecular complexity index is 323. The summed E-state index contributed by atoms with van der Waals surface area (Å²) in [5.41, 5.74) is 1.08. The van der Waals surface area contributed by atoms with Crippen LogP contribution in [0, 0.1) is 0 Å². The molecule has 104 valence electrons. The molecule has 0 aliphatic carbocycles. The zero-order valence-electron chi connectivity index (χ0n) is 12.0. The minimum atomic E-state index is 0.424. The van der Waals surface area contributed by atoms with Gasteiger partial charge in [0.1, 0.15) is 0 Å². The Morgan fingerprint density at radius 3 is 2.78 bits per heavy atom. The fourth-order valence-corrected chi connectivity index (χ4v) is 1.47. The molecule has 5 heteroatoms. The lowest BCUT2D eigenvalue weighted by Crippen LogP contribution is -2.23. The third-order valence-electron chi connectivity index (χ3n) is 2.60. The maximum atomic E-state index is 5.50. The highest BCUT2D eigenvalue weighted by Gasteiger charge is 2.01. The molecule has 0 amide bonds. The Balaban J connectivity index is 2.03. The number of nitrogens with one attached hydrogen (secondary N) is 1. The van der Waals surface area contributed by atoms with Gasteiger partial charge in [0, 0.05) is 31.9 Å². The lowest BCUT2D eigenvalue weighted by atomic mass is 10.4. The maximum Gasteiger partial charge on any atom is 0.0762 e. The molecular weight excluding hydrogens is 228 g/mol. The zero-order chi connectivity index (χ0) is 13.4. The van der Waals surface area contributed by atoms with Crippen molar-refractivity contribution in [1.82, 2.24) is 20.0 Å². The van der Waals surface area contributed by atoms with E-state index < -0.39 is 0 Å². The number of aromatic nitrogens is 2. The molecule has 0 saturated heterocycles. The first-order valence-corrected chi connectivity index (χ1v) is 6.57. The van der Waals surface area contributed by atoms with Crippen LogP contribution in [0.5, 0.6) is 0 Å². The van der Waals surface area contributed by atoms with E-state index >= 15 is 0 Å². The van der Waals surface area contributed by atoms with Gasteiger partial charge < -0.3 is 15.0 Å². The Labute approximate surface area is 110 Å². The van der Waals surface area contributed by atoms with Crippen LogP contribution in [0.3, 0.4) is 0 Å². The molecule has 0 saturated carbocycles. The van der Waals surface area contributed by atoms with Gasteiger partial charge in [0.25, 0.3) is 0 Å². The third kappa shape index (κ3) is 6.14. The smallest absolute Gasteiger partial charge is 0.0762 e. The number of rotatable bonds is 9. The molecule has 0 radical (unpaired) electrons. The largest absolute Gasteiger partial charge is 0.379 e. The lowest BCUT2D eigenvalue weighted by Gasteiger charge is -2.10. The van der Waals surface area contributed by atoms with Gasteiger partial charge in [0.05, 0.1) is 18.9 Å². The molecule has 1 aromatic rings. The predicted octanol–water partition coefficient (Wildman–Crippen LogP) is 1.13. The normalized spacial score (nSPS) is 11.7. The molecule has 0 atom stereocenters. The van der Waals surface area contributed by atoms with Gasteiger partial charge in [-0.25, -0.2) is 0 Å². The van der Waals surface area contributed by atoms with Crippen LogP contribution < -0.4 is 5.32 Å². The molecule has 0 aliphatic heterocycles. The van der Waals surface area contributed by atoms with Crippen molar-refractivity contribution in [2.75, 3.05) is 40.4 Å². The lowest BCUT2D eigenvalue weighted by molar-refractivity contribution is 0.119. The summed E-state index contributed by atoms with van der Waals surface area (Å²) >= 11 is 0. The minimum absolute atomic E-state index is 0.424. The highest BCUT2D eigenvalue weighted by atomic mass is 16.5. The predicted molar refractivity (Wildman–Crippen MR) is 73.7 cm³/mol. The molecule has 1 rings (SSSR count). The summed E-state index contributed by atoms with van der Waals surface area (Å²) in [5, 5.41) is 7.80. The van der Waals surface area contributed by atoms with Gasteiger partial charge in [-0.1, -0.05) is 0 Å². The standard InChI is InChI=1S/C13H26N4O/c1-12(2)17-7-5-13(15-17)11-14-6-9-18-10-8-16(3)4/h5,7,12,14H,6,8-11H2,1-4H3. The van der Waals surface area contributed by atoms with Crippen LogP contribution in [0.4, 0.5) is 0 Å². The van der Waals surface area contributed by atoms with Gasteiger partial charge in [-0.15, -0.1) is 0 Å². The molecule has 0 fully saturated rings. The van der Waals surface area contributed by atoms with Crippen LogP contribution in [0.25, 0.3) is 0 Å². The Morgan fingerprint density at radius 1 is 1.39 bits per heavy atom. The van der Waals surface area contributed by atoms with E-state index in [1.807, 2.05) is 25.0 Å². The van der Waals surface area contributed by atoms with Crippen LogP contribution in [0.1, 0.15) is 25.6 Å². The number of hydrogen-bond donors (Lipinski definition) is 1. The SMILES string of the molecule is CC(C)n1ccc(CNCCOCCN(C)C)n1. The van der Waals surface area contributed by atoms with E-state index in [0.29, 0.717) is 6.04 Å². The van der Waals surface area contributed by atoms with E-state index in [1.54, 1.807) is 0 Å². The van der Waals surface area contributed by atoms with Crippen molar-refractivity contribution >= 4 is 0 Å². The van der Waals surface area contributed by atoms with Crippen molar-refractivity contribution in [2.45, 2.75) is 26.4 Å². The van der Waals surface area contributed by atoms with E-state index in [0.717, 1.165) is 38.5 Å². The average Bonchev–Trinajstić information content (AvgIpc) is 2.76. The molecule has 1 N–H and O–H groups in total. The first-order valence-electron chi connectivity index (χ1n) is 6.57. The van der Waals surface area contributed by atoms with Crippen LogP contribution in [0.15, 0.2) is 12.3 Å². The topological polar surface area (TPSA) is 42.3 Å². The van der Waals surface area contributed by atoms with Crippen molar-refractivity contribution in [3.8, 4) is 0 Å². The van der Waals surface area contributed by atoms with Crippen LogP contribution in [-0.4, -0.2) is 55.1 Å². The highest BCUT2D eigenvalue weighted by molar-refractivity contribution is 4.98. The molecule has 0 unspecified atom stereocenters. The maximum absolute atomic E-state index is 5.50. The number of hydrogen-bond acceptors (Lipinski definition) is 4. The van der Waals surface area contributed by atoms with Crippen LogP contribution in [0.2, 0.25) is 0 Å². The Kier molecular flexibility index (Phi) is 6.93. The van der Waals surface area contributed by atoms with E-state index in [2.05, 4.69) is 35.2 Å². The molecule has 0 aromatic carbocycles. The van der Waals surface area contributed by atoms with E-state index in [9.17, 15) is 0 Å². The van der Waals surface area contributed by atoms with E-state index in [1.165, 1.54) is 0 Å². The van der Waals surface area contributed by atoms with Gasteiger partial charge >= 0.3 is 0 Å². The Hall–Kier alpha value is -0.910. The molecule has 0 bridgehead atoms. The summed E-state index contributed by atoms with van der Waals surface area (Å²) in [6.07, 6.45) is 2.02.